The SMILES string of the molecule is C/C=C/C(=O)OC1(C(=O)/C=C/C)CC(C)(C)NC(C)(C)C1. The van der Waals surface area contributed by atoms with Crippen LogP contribution >= 0.6 is 0 Å². The molecule has 21 heavy (non-hydrogen) atoms. The van der Waals surface area contributed by atoms with E-state index in [2.05, 4.69) is 5.32 Å². The Hall–Kier alpha value is -1.42. The zero-order chi connectivity index (χ0) is 16.3. The fraction of sp³-hybridized carbons (Fsp3) is 0.647. The number of ether oxygens (including phenoxy) is 1. The molecule has 0 saturated carbocycles. The lowest BCUT2D eigenvalue weighted by molar-refractivity contribution is -0.170. The number of esters is 1. The molecule has 4 heteroatoms. The molecule has 0 unspecified atom stereocenters. The van der Waals surface area contributed by atoms with E-state index in [9.17, 15) is 9.59 Å². The van der Waals surface area contributed by atoms with Gasteiger partial charge >= 0.3 is 5.97 Å². The Morgan fingerprint density at radius 3 is 1.86 bits per heavy atom. The Kier molecular flexibility index (Phi) is 5.16. The molecule has 0 spiro atoms. The molecule has 0 aliphatic carbocycles. The van der Waals surface area contributed by atoms with Gasteiger partial charge in [0, 0.05) is 30.0 Å². The Morgan fingerprint density at radius 1 is 0.952 bits per heavy atom. The monoisotopic (exact) mass is 293 g/mol. The van der Waals surface area contributed by atoms with Gasteiger partial charge in [0.25, 0.3) is 0 Å². The summed E-state index contributed by atoms with van der Waals surface area (Å²) in [5.74, 6) is -0.616. The molecule has 1 fully saturated rings. The van der Waals surface area contributed by atoms with Gasteiger partial charge in [-0.3, -0.25) is 4.79 Å². The van der Waals surface area contributed by atoms with Crippen LogP contribution in [0.3, 0.4) is 0 Å². The molecule has 1 aliphatic heterocycles. The van der Waals surface area contributed by atoms with Gasteiger partial charge in [-0.05, 0) is 47.6 Å². The topological polar surface area (TPSA) is 55.4 Å². The van der Waals surface area contributed by atoms with Gasteiger partial charge < -0.3 is 10.1 Å². The smallest absolute Gasteiger partial charge is 0.331 e. The molecule has 0 aromatic heterocycles. The summed E-state index contributed by atoms with van der Waals surface area (Å²) in [6, 6.07) is 0. The van der Waals surface area contributed by atoms with Crippen LogP contribution < -0.4 is 5.32 Å². The van der Waals surface area contributed by atoms with Crippen LogP contribution in [0.1, 0.15) is 54.4 Å². The maximum absolute atomic E-state index is 12.6. The van der Waals surface area contributed by atoms with E-state index in [1.165, 1.54) is 12.2 Å². The second kappa shape index (κ2) is 6.14. The molecule has 1 saturated heterocycles. The summed E-state index contributed by atoms with van der Waals surface area (Å²) < 4.78 is 5.64. The van der Waals surface area contributed by atoms with Gasteiger partial charge in [0.05, 0.1) is 0 Å². The third-order valence-electron chi connectivity index (χ3n) is 3.50. The quantitative estimate of drug-likeness (QED) is 0.639. The molecule has 0 bridgehead atoms. The molecule has 0 aromatic carbocycles. The van der Waals surface area contributed by atoms with Crippen LogP contribution in [-0.2, 0) is 14.3 Å². The van der Waals surface area contributed by atoms with Gasteiger partial charge in [-0.2, -0.15) is 0 Å². The van der Waals surface area contributed by atoms with Crippen LogP contribution in [0.4, 0.5) is 0 Å². The number of hydrogen-bond acceptors (Lipinski definition) is 4. The molecule has 118 valence electrons. The predicted octanol–water partition coefficient (Wildman–Crippen LogP) is 2.93. The number of ketones is 1. The standard InChI is InChI=1S/C17H27NO3/c1-7-9-13(19)17(21-14(20)10-8-2)11-15(3,4)18-16(5,6)12-17/h7-10,18H,11-12H2,1-6H3/b9-7+,10-8+. The first kappa shape index (κ1) is 17.6. The number of piperidine rings is 1. The second-order valence-corrected chi connectivity index (χ2v) is 7.03. The summed E-state index contributed by atoms with van der Waals surface area (Å²) in [7, 11) is 0. The fourth-order valence-electron chi connectivity index (χ4n) is 3.46. The number of allylic oxidation sites excluding steroid dienone is 2. The molecule has 0 atom stereocenters. The molecule has 1 heterocycles. The van der Waals surface area contributed by atoms with Crippen molar-refractivity contribution in [1.29, 1.82) is 0 Å². The Bertz CT molecular complexity index is 456. The Balaban J connectivity index is 3.24. The van der Waals surface area contributed by atoms with Gasteiger partial charge in [-0.25, -0.2) is 4.79 Å². The van der Waals surface area contributed by atoms with Crippen LogP contribution in [0.15, 0.2) is 24.3 Å². The normalized spacial score (nSPS) is 23.3. The highest BCUT2D eigenvalue weighted by atomic mass is 16.6. The Morgan fingerprint density at radius 2 is 1.43 bits per heavy atom. The van der Waals surface area contributed by atoms with Crippen LogP contribution in [0.2, 0.25) is 0 Å². The fourth-order valence-corrected chi connectivity index (χ4v) is 3.46. The van der Waals surface area contributed by atoms with Crippen molar-refractivity contribution in [3.63, 3.8) is 0 Å². The minimum absolute atomic E-state index is 0.148. The van der Waals surface area contributed by atoms with Crippen molar-refractivity contribution in [2.45, 2.75) is 71.1 Å². The van der Waals surface area contributed by atoms with E-state index in [1.54, 1.807) is 26.0 Å². The van der Waals surface area contributed by atoms with E-state index in [0.29, 0.717) is 12.8 Å². The van der Waals surface area contributed by atoms with Crippen molar-refractivity contribution < 1.29 is 14.3 Å². The van der Waals surface area contributed by atoms with E-state index in [-0.39, 0.29) is 16.9 Å². The first-order valence-electron chi connectivity index (χ1n) is 7.38. The van der Waals surface area contributed by atoms with Crippen LogP contribution in [0, 0.1) is 0 Å². The number of carbonyl (C=O) groups is 2. The van der Waals surface area contributed by atoms with Crippen LogP contribution in [0.25, 0.3) is 0 Å². The highest BCUT2D eigenvalue weighted by molar-refractivity contribution is 5.99. The Labute approximate surface area is 127 Å². The molecule has 0 amide bonds. The maximum atomic E-state index is 12.6. The zero-order valence-corrected chi connectivity index (χ0v) is 13.9. The van der Waals surface area contributed by atoms with Crippen molar-refractivity contribution >= 4 is 11.8 Å². The van der Waals surface area contributed by atoms with E-state index >= 15 is 0 Å². The molecular weight excluding hydrogens is 266 g/mol. The number of nitrogens with one attached hydrogen (secondary N) is 1. The molecule has 1 aliphatic rings. The van der Waals surface area contributed by atoms with E-state index in [0.717, 1.165) is 0 Å². The second-order valence-electron chi connectivity index (χ2n) is 7.03. The van der Waals surface area contributed by atoms with E-state index in [4.69, 9.17) is 4.74 Å². The number of hydrogen-bond donors (Lipinski definition) is 1. The summed E-state index contributed by atoms with van der Waals surface area (Å²) in [6.45, 7) is 11.6. The summed E-state index contributed by atoms with van der Waals surface area (Å²) in [5.41, 5.74) is -1.70. The lowest BCUT2D eigenvalue weighted by Gasteiger charge is -2.51. The third-order valence-corrected chi connectivity index (χ3v) is 3.50. The van der Waals surface area contributed by atoms with Crippen molar-refractivity contribution in [2.24, 2.45) is 0 Å². The predicted molar refractivity (Wildman–Crippen MR) is 84.0 cm³/mol. The van der Waals surface area contributed by atoms with Crippen LogP contribution in [-0.4, -0.2) is 28.4 Å². The summed E-state index contributed by atoms with van der Waals surface area (Å²) in [6.07, 6.45) is 7.07. The molecule has 1 rings (SSSR count). The minimum Gasteiger partial charge on any atom is -0.447 e. The van der Waals surface area contributed by atoms with Gasteiger partial charge in [0.1, 0.15) is 0 Å². The van der Waals surface area contributed by atoms with Gasteiger partial charge in [0.2, 0.25) is 0 Å². The van der Waals surface area contributed by atoms with Crippen LogP contribution in [0.5, 0.6) is 0 Å². The van der Waals surface area contributed by atoms with Crippen molar-refractivity contribution in [3.8, 4) is 0 Å². The highest BCUT2D eigenvalue weighted by Crippen LogP contribution is 2.39. The van der Waals surface area contributed by atoms with E-state index in [1.807, 2.05) is 27.7 Å². The number of rotatable bonds is 4. The van der Waals surface area contributed by atoms with Gasteiger partial charge in [-0.15, -0.1) is 0 Å². The average molecular weight is 293 g/mol. The van der Waals surface area contributed by atoms with E-state index < -0.39 is 11.6 Å². The first-order valence-corrected chi connectivity index (χ1v) is 7.38. The summed E-state index contributed by atoms with van der Waals surface area (Å²) in [4.78, 5) is 24.6. The largest absolute Gasteiger partial charge is 0.447 e. The first-order chi connectivity index (χ1) is 9.56. The third kappa shape index (κ3) is 4.53. The molecule has 1 N–H and O–H groups in total. The van der Waals surface area contributed by atoms with Crippen molar-refractivity contribution in [2.75, 3.05) is 0 Å². The maximum Gasteiger partial charge on any atom is 0.331 e. The van der Waals surface area contributed by atoms with Gasteiger partial charge in [0.15, 0.2) is 11.4 Å². The number of carbonyl (C=O) groups excluding carboxylic acids is 2. The average Bonchev–Trinajstić information content (AvgIpc) is 2.24. The highest BCUT2D eigenvalue weighted by Gasteiger charge is 2.53. The molecule has 4 nitrogen and oxygen atoms in total. The van der Waals surface area contributed by atoms with Gasteiger partial charge in [-0.1, -0.05) is 12.2 Å². The molecule has 0 aromatic rings. The summed E-state index contributed by atoms with van der Waals surface area (Å²) in [5, 5.41) is 3.50. The lowest BCUT2D eigenvalue weighted by Crippen LogP contribution is -2.66. The van der Waals surface area contributed by atoms with Crippen molar-refractivity contribution in [3.05, 3.63) is 24.3 Å². The lowest BCUT2D eigenvalue weighted by atomic mass is 9.70. The molecular formula is C17H27NO3. The zero-order valence-electron chi connectivity index (χ0n) is 13.9. The molecule has 0 radical (unpaired) electrons. The minimum atomic E-state index is -1.11. The van der Waals surface area contributed by atoms with Crippen molar-refractivity contribution in [1.82, 2.24) is 5.32 Å². The summed E-state index contributed by atoms with van der Waals surface area (Å²) >= 11 is 0.